The molecule has 0 aliphatic carbocycles. The number of alkyl halides is 1. The van der Waals surface area contributed by atoms with Crippen LogP contribution >= 0.6 is 0 Å². The third-order valence-electron chi connectivity index (χ3n) is 2.20. The molecule has 1 amide bonds. The number of carboxylic acids is 1. The summed E-state index contributed by atoms with van der Waals surface area (Å²) in [5.41, 5.74) is -2.14. The quantitative estimate of drug-likeness (QED) is 0.568. The molecule has 1 saturated heterocycles. The Balaban J connectivity index is 2.85. The lowest BCUT2D eigenvalue weighted by Crippen LogP contribution is -2.40. The Hall–Kier alpha value is -1.37. The molecule has 80 valence electrons. The highest BCUT2D eigenvalue weighted by molar-refractivity contribution is 5.80. The number of aliphatic hydroxyl groups is 1. The van der Waals surface area contributed by atoms with Crippen molar-refractivity contribution in [1.82, 2.24) is 4.90 Å². The number of nitrogens with zero attached hydrogens (tertiary/aromatic N) is 1. The molecular weight excluding hydrogens is 197 g/mol. The van der Waals surface area contributed by atoms with Gasteiger partial charge in [0.1, 0.15) is 6.04 Å². The minimum atomic E-state index is -2.14. The van der Waals surface area contributed by atoms with Crippen molar-refractivity contribution in [3.05, 3.63) is 0 Å². The van der Waals surface area contributed by atoms with E-state index < -0.39 is 43.3 Å². The van der Waals surface area contributed by atoms with Gasteiger partial charge >= 0.3 is 12.1 Å². The van der Waals surface area contributed by atoms with Crippen LogP contribution in [0, 0.1) is 0 Å². The number of aliphatic carboxylic acids is 1. The van der Waals surface area contributed by atoms with Crippen molar-refractivity contribution >= 4 is 12.1 Å². The third-order valence-corrected chi connectivity index (χ3v) is 2.20. The predicted octanol–water partition coefficient (Wildman–Crippen LogP) is -0.476. The number of aliphatic hydroxyl groups excluding tert-OH is 1. The summed E-state index contributed by atoms with van der Waals surface area (Å²) in [5.74, 6) is -1.40. The van der Waals surface area contributed by atoms with Gasteiger partial charge in [0, 0.05) is 6.42 Å². The molecule has 7 heteroatoms. The molecule has 0 spiro atoms. The van der Waals surface area contributed by atoms with Gasteiger partial charge in [0.2, 0.25) is 0 Å². The zero-order valence-corrected chi connectivity index (χ0v) is 7.18. The Morgan fingerprint density at radius 2 is 2.07 bits per heavy atom. The second-order valence-corrected chi connectivity index (χ2v) is 3.28. The third kappa shape index (κ3) is 1.77. The van der Waals surface area contributed by atoms with Crippen molar-refractivity contribution < 1.29 is 29.3 Å². The summed E-state index contributed by atoms with van der Waals surface area (Å²) in [6.07, 6.45) is -2.00. The highest BCUT2D eigenvalue weighted by Crippen LogP contribution is 2.30. The van der Waals surface area contributed by atoms with E-state index in [1.165, 1.54) is 0 Å². The van der Waals surface area contributed by atoms with E-state index in [9.17, 15) is 14.0 Å². The Bertz CT molecular complexity index is 247. The first-order chi connectivity index (χ1) is 6.39. The van der Waals surface area contributed by atoms with Crippen LogP contribution in [0.2, 0.25) is 0 Å². The normalized spacial score (nSPS) is 31.9. The summed E-state index contributed by atoms with van der Waals surface area (Å²) < 4.78 is 13.4. The number of rotatable bonds is 2. The van der Waals surface area contributed by atoms with Gasteiger partial charge in [-0.3, -0.25) is 4.90 Å². The summed E-state index contributed by atoms with van der Waals surface area (Å²) in [6, 6.07) is -1.41. The Kier molecular flexibility index (Phi) is 2.61. The smallest absolute Gasteiger partial charge is 0.408 e. The van der Waals surface area contributed by atoms with Crippen LogP contribution in [0.4, 0.5) is 9.18 Å². The fraction of sp³-hybridized carbons (Fsp3) is 0.714. The van der Waals surface area contributed by atoms with E-state index in [2.05, 4.69) is 0 Å². The van der Waals surface area contributed by atoms with Crippen LogP contribution in [-0.4, -0.2) is 57.1 Å². The zero-order valence-electron chi connectivity index (χ0n) is 7.18. The van der Waals surface area contributed by atoms with Crippen LogP contribution in [0.1, 0.15) is 6.42 Å². The van der Waals surface area contributed by atoms with Gasteiger partial charge in [-0.15, -0.1) is 0 Å². The predicted molar refractivity (Wildman–Crippen MR) is 41.7 cm³/mol. The largest absolute Gasteiger partial charge is 0.480 e. The summed E-state index contributed by atoms with van der Waals surface area (Å²) in [6.45, 7) is -1.48. The molecule has 0 unspecified atom stereocenters. The molecule has 1 heterocycles. The van der Waals surface area contributed by atoms with Crippen LogP contribution in [0.3, 0.4) is 0 Å². The van der Waals surface area contributed by atoms with Crippen LogP contribution in [-0.2, 0) is 4.79 Å². The molecule has 0 aromatic heterocycles. The van der Waals surface area contributed by atoms with Crippen LogP contribution in [0.25, 0.3) is 0 Å². The zero-order chi connectivity index (χ0) is 10.9. The molecule has 1 rings (SSSR count). The van der Waals surface area contributed by atoms with Crippen molar-refractivity contribution in [2.75, 3.05) is 13.2 Å². The van der Waals surface area contributed by atoms with Crippen molar-refractivity contribution in [2.24, 2.45) is 0 Å². The number of hydrogen-bond donors (Lipinski definition) is 3. The van der Waals surface area contributed by atoms with E-state index in [0.717, 1.165) is 0 Å². The first-order valence-electron chi connectivity index (χ1n) is 3.92. The summed E-state index contributed by atoms with van der Waals surface area (Å²) >= 11 is 0. The van der Waals surface area contributed by atoms with E-state index in [-0.39, 0.29) is 0 Å². The molecule has 0 radical (unpaired) electrons. The average molecular weight is 207 g/mol. The Morgan fingerprint density at radius 3 is 2.36 bits per heavy atom. The monoisotopic (exact) mass is 207 g/mol. The standard InChI is InChI=1S/C7H10FNO5/c8-7(3-10)1-4(5(11)12)9(2-7)6(13)14/h4,10H,1-3H2,(H,11,12)(H,13,14)/t4-,7-/m0/s1. The van der Waals surface area contributed by atoms with E-state index in [1.807, 2.05) is 0 Å². The fourth-order valence-electron chi connectivity index (χ4n) is 1.47. The fourth-order valence-corrected chi connectivity index (χ4v) is 1.47. The van der Waals surface area contributed by atoms with Crippen molar-refractivity contribution in [2.45, 2.75) is 18.1 Å². The SMILES string of the molecule is O=C(O)[C@@H]1C[C@@](F)(CO)CN1C(=O)O. The van der Waals surface area contributed by atoms with E-state index in [0.29, 0.717) is 4.90 Å². The molecule has 0 aromatic carbocycles. The molecule has 2 atom stereocenters. The lowest BCUT2D eigenvalue weighted by molar-refractivity contribution is -0.141. The minimum absolute atomic E-state index is 0.485. The van der Waals surface area contributed by atoms with Gasteiger partial charge in [0.15, 0.2) is 5.67 Å². The molecule has 14 heavy (non-hydrogen) atoms. The number of hydrogen-bond acceptors (Lipinski definition) is 3. The Labute approximate surface area is 78.6 Å². The number of amides is 1. The summed E-state index contributed by atoms with van der Waals surface area (Å²) in [7, 11) is 0. The topological polar surface area (TPSA) is 98.1 Å². The van der Waals surface area contributed by atoms with Gasteiger partial charge in [-0.1, -0.05) is 0 Å². The van der Waals surface area contributed by atoms with Crippen LogP contribution in [0.5, 0.6) is 0 Å². The molecule has 6 nitrogen and oxygen atoms in total. The van der Waals surface area contributed by atoms with Gasteiger partial charge in [-0.05, 0) is 0 Å². The Morgan fingerprint density at radius 1 is 1.50 bits per heavy atom. The molecule has 1 aliphatic heterocycles. The lowest BCUT2D eigenvalue weighted by Gasteiger charge is -2.17. The second-order valence-electron chi connectivity index (χ2n) is 3.28. The maximum Gasteiger partial charge on any atom is 0.408 e. The lowest BCUT2D eigenvalue weighted by atomic mass is 10.0. The number of carboxylic acid groups (broad SMARTS) is 2. The van der Waals surface area contributed by atoms with E-state index in [4.69, 9.17) is 15.3 Å². The van der Waals surface area contributed by atoms with Gasteiger partial charge in [-0.2, -0.15) is 0 Å². The van der Waals surface area contributed by atoms with Crippen molar-refractivity contribution in [3.8, 4) is 0 Å². The highest BCUT2D eigenvalue weighted by Gasteiger charge is 2.49. The van der Waals surface area contributed by atoms with Crippen LogP contribution in [0.15, 0.2) is 0 Å². The van der Waals surface area contributed by atoms with Crippen molar-refractivity contribution in [1.29, 1.82) is 0 Å². The van der Waals surface area contributed by atoms with Gasteiger partial charge in [-0.25, -0.2) is 14.0 Å². The molecule has 1 aliphatic rings. The number of halogens is 1. The molecule has 0 saturated carbocycles. The summed E-state index contributed by atoms with van der Waals surface area (Å²) in [5, 5.41) is 25.8. The summed E-state index contributed by atoms with van der Waals surface area (Å²) in [4.78, 5) is 21.6. The van der Waals surface area contributed by atoms with E-state index in [1.54, 1.807) is 0 Å². The van der Waals surface area contributed by atoms with Crippen molar-refractivity contribution in [3.63, 3.8) is 0 Å². The molecule has 1 fully saturated rings. The van der Waals surface area contributed by atoms with Gasteiger partial charge in [0.25, 0.3) is 0 Å². The maximum atomic E-state index is 13.4. The van der Waals surface area contributed by atoms with Gasteiger partial charge in [0.05, 0.1) is 13.2 Å². The average Bonchev–Trinajstić information content (AvgIpc) is 2.45. The van der Waals surface area contributed by atoms with Crippen LogP contribution < -0.4 is 0 Å². The first-order valence-corrected chi connectivity index (χ1v) is 3.92. The molecule has 3 N–H and O–H groups in total. The molecule has 0 bridgehead atoms. The van der Waals surface area contributed by atoms with Gasteiger partial charge < -0.3 is 15.3 Å². The second kappa shape index (κ2) is 3.41. The number of carbonyl (C=O) groups is 2. The number of likely N-dealkylation sites (tertiary alicyclic amines) is 1. The molecule has 0 aromatic rings. The maximum absolute atomic E-state index is 13.4. The first kappa shape index (κ1) is 10.7. The van der Waals surface area contributed by atoms with E-state index >= 15 is 0 Å². The minimum Gasteiger partial charge on any atom is -0.480 e. The highest BCUT2D eigenvalue weighted by atomic mass is 19.1. The molecular formula is C7H10FNO5.